The van der Waals surface area contributed by atoms with E-state index in [1.165, 1.54) is 0 Å². The summed E-state index contributed by atoms with van der Waals surface area (Å²) >= 11 is 13.3. The average Bonchev–Trinajstić information content (AvgIpc) is 2.95. The number of nitrogens with zero attached hydrogens (tertiary/aromatic N) is 4. The Morgan fingerprint density at radius 3 is 1.20 bits per heavy atom. The number of pyridine rings is 2. The van der Waals surface area contributed by atoms with E-state index < -0.39 is 10.2 Å². The van der Waals surface area contributed by atoms with Crippen LogP contribution in [-0.4, -0.2) is 20.1 Å². The second-order valence-corrected chi connectivity index (χ2v) is 11.6. The monoisotopic (exact) mass is 988 g/mol. The van der Waals surface area contributed by atoms with Crippen LogP contribution < -0.4 is 20.8 Å². The van der Waals surface area contributed by atoms with Crippen molar-refractivity contribution in [2.24, 2.45) is 0 Å². The Hall–Kier alpha value is -2.38. The Morgan fingerprint density at radius 2 is 0.913 bits per heavy atom. The molecule has 0 aliphatic heterocycles. The Balaban J connectivity index is 0. The van der Waals surface area contributed by atoms with Crippen LogP contribution in [0, 0.1) is 30.6 Å². The largest absolute Gasteiger partial charge is 2.00 e. The normalized spacial score (nSPS) is 9.30. The summed E-state index contributed by atoms with van der Waals surface area (Å²) in [7, 11) is 0. The summed E-state index contributed by atoms with van der Waals surface area (Å²) in [5, 5.41) is 59.6. The molecular formula is C26H22Br4Cu2N6O8. The molecule has 20 heteroatoms. The maximum absolute atomic E-state index is 11.8. The molecule has 14 nitrogen and oxygen atoms in total. The molecular weight excluding hydrogens is 971 g/mol. The van der Waals surface area contributed by atoms with Crippen molar-refractivity contribution >= 4 is 63.7 Å². The standard InChI is InChI=1S/2C13H12Br2N2O.2Cu.2NO3/c2*14-10-5-9(13(18)12(15)6-10)7-16-8-11-3-1-2-4-17-11;;;2*2-1(3)4/h2*1-6,16,18H,7-8H2;;;;/q;;2*+2;2*-1/p-2. The topological polar surface area (TPSA) is 228 Å². The summed E-state index contributed by atoms with van der Waals surface area (Å²) in [6.45, 7) is 2.33. The summed E-state index contributed by atoms with van der Waals surface area (Å²) in [6, 6.07) is 18.7. The fraction of sp³-hybridized carbons (Fsp3) is 0.154. The van der Waals surface area contributed by atoms with Crippen LogP contribution in [0.1, 0.15) is 22.5 Å². The predicted molar refractivity (Wildman–Crippen MR) is 173 cm³/mol. The van der Waals surface area contributed by atoms with Crippen LogP contribution in [0.15, 0.2) is 90.9 Å². The van der Waals surface area contributed by atoms with Gasteiger partial charge in [-0.15, -0.1) is 0 Å². The van der Waals surface area contributed by atoms with Gasteiger partial charge in [0.25, 0.3) is 0 Å². The van der Waals surface area contributed by atoms with Crippen molar-refractivity contribution in [3.8, 4) is 11.5 Å². The SMILES string of the molecule is O=[N+]([O-])[O-].O=[N+]([O-])[O-].[Cu+2].[Cu+2].[O-]c1c(Br)cc(Br)cc1CNCc1ccccn1.[O-]c1c(Br)cc(Br)cc1CNCc1ccccn1. The predicted octanol–water partition coefficient (Wildman–Crippen LogP) is 5.46. The van der Waals surface area contributed by atoms with Crippen LogP contribution in [0.2, 0.25) is 0 Å². The van der Waals surface area contributed by atoms with Gasteiger partial charge in [-0.25, -0.2) is 0 Å². The van der Waals surface area contributed by atoms with E-state index >= 15 is 0 Å². The van der Waals surface area contributed by atoms with Crippen LogP contribution in [-0.2, 0) is 60.3 Å². The third-order valence-electron chi connectivity index (χ3n) is 4.87. The summed E-state index contributed by atoms with van der Waals surface area (Å²) < 4.78 is 2.94. The van der Waals surface area contributed by atoms with E-state index in [1.54, 1.807) is 24.5 Å². The van der Waals surface area contributed by atoms with E-state index in [1.807, 2.05) is 48.5 Å². The second-order valence-electron chi connectivity index (χ2n) is 8.05. The summed E-state index contributed by atoms with van der Waals surface area (Å²) in [4.78, 5) is 24.9. The fourth-order valence-electron chi connectivity index (χ4n) is 3.15. The van der Waals surface area contributed by atoms with E-state index in [0.29, 0.717) is 35.1 Å². The summed E-state index contributed by atoms with van der Waals surface area (Å²) in [5.74, 6) is 0.0402. The molecule has 2 radical (unpaired) electrons. The minimum Gasteiger partial charge on any atom is -0.871 e. The van der Waals surface area contributed by atoms with Crippen molar-refractivity contribution in [2.45, 2.75) is 26.2 Å². The molecule has 0 fully saturated rings. The summed E-state index contributed by atoms with van der Waals surface area (Å²) in [6.07, 6.45) is 3.51. The zero-order valence-electron chi connectivity index (χ0n) is 22.9. The smallest absolute Gasteiger partial charge is 0.871 e. The first-order valence-electron chi connectivity index (χ1n) is 11.9. The number of hydrogen-bond donors (Lipinski definition) is 2. The van der Waals surface area contributed by atoms with Gasteiger partial charge in [-0.2, -0.15) is 0 Å². The van der Waals surface area contributed by atoms with Crippen molar-refractivity contribution in [2.75, 3.05) is 0 Å². The molecule has 0 saturated heterocycles. The molecule has 4 aromatic rings. The first kappa shape index (κ1) is 45.7. The van der Waals surface area contributed by atoms with Gasteiger partial charge in [0.15, 0.2) is 0 Å². The van der Waals surface area contributed by atoms with Gasteiger partial charge in [0, 0.05) is 56.5 Å². The minimum absolute atomic E-state index is 0. The van der Waals surface area contributed by atoms with Crippen LogP contribution >= 0.6 is 63.7 Å². The Labute approximate surface area is 318 Å². The van der Waals surface area contributed by atoms with Crippen molar-refractivity contribution < 1.29 is 54.5 Å². The van der Waals surface area contributed by atoms with Gasteiger partial charge >= 0.3 is 34.1 Å². The maximum atomic E-state index is 11.8. The van der Waals surface area contributed by atoms with Crippen LogP contribution in [0.5, 0.6) is 11.5 Å². The van der Waals surface area contributed by atoms with Gasteiger partial charge in [-0.1, -0.05) is 87.4 Å². The second kappa shape index (κ2) is 25.7. The van der Waals surface area contributed by atoms with Gasteiger partial charge in [0.1, 0.15) is 0 Å². The number of aromatic nitrogens is 2. The zero-order chi connectivity index (χ0) is 33.1. The van der Waals surface area contributed by atoms with E-state index in [9.17, 15) is 10.2 Å². The van der Waals surface area contributed by atoms with Crippen LogP contribution in [0.4, 0.5) is 0 Å². The van der Waals surface area contributed by atoms with E-state index in [4.69, 9.17) is 30.6 Å². The summed E-state index contributed by atoms with van der Waals surface area (Å²) in [5.41, 5.74) is 3.37. The Morgan fingerprint density at radius 1 is 0.587 bits per heavy atom. The molecule has 254 valence electrons. The maximum Gasteiger partial charge on any atom is 2.00 e. The number of halogens is 4. The van der Waals surface area contributed by atoms with Crippen LogP contribution in [0.25, 0.3) is 0 Å². The molecule has 4 rings (SSSR count). The number of hydrogen-bond acceptors (Lipinski definition) is 12. The van der Waals surface area contributed by atoms with Gasteiger partial charge < -0.3 is 51.5 Å². The third-order valence-corrected chi connectivity index (χ3v) is 6.96. The Kier molecular flexibility index (Phi) is 25.5. The molecule has 2 aromatic carbocycles. The number of benzene rings is 2. The molecule has 2 aromatic heterocycles. The zero-order valence-corrected chi connectivity index (χ0v) is 31.2. The quantitative estimate of drug-likeness (QED) is 0.128. The van der Waals surface area contributed by atoms with Gasteiger partial charge in [0.05, 0.1) is 21.6 Å². The number of rotatable bonds is 8. The average molecular weight is 993 g/mol. The first-order valence-corrected chi connectivity index (χ1v) is 15.1. The van der Waals surface area contributed by atoms with Crippen molar-refractivity contribution in [3.05, 3.63) is 144 Å². The molecule has 0 bridgehead atoms. The van der Waals surface area contributed by atoms with E-state index in [-0.39, 0.29) is 45.6 Å². The van der Waals surface area contributed by atoms with Crippen molar-refractivity contribution in [3.63, 3.8) is 0 Å². The van der Waals surface area contributed by atoms with Gasteiger partial charge in [-0.3, -0.25) is 9.97 Å². The molecule has 0 amide bonds. The van der Waals surface area contributed by atoms with Gasteiger partial charge in [0.2, 0.25) is 0 Å². The first-order chi connectivity index (χ1) is 20.8. The third kappa shape index (κ3) is 20.7. The fourth-order valence-corrected chi connectivity index (χ4v) is 5.77. The molecule has 0 spiro atoms. The Bertz CT molecular complexity index is 1370. The molecule has 0 unspecified atom stereocenters. The molecule has 0 atom stereocenters. The molecule has 2 N–H and O–H groups in total. The molecule has 0 aliphatic rings. The van der Waals surface area contributed by atoms with E-state index in [2.05, 4.69) is 84.3 Å². The molecule has 0 saturated carbocycles. The molecule has 0 aliphatic carbocycles. The van der Waals surface area contributed by atoms with Gasteiger partial charge in [-0.05, 0) is 59.7 Å². The minimum atomic E-state index is -1.75. The van der Waals surface area contributed by atoms with Crippen molar-refractivity contribution in [1.82, 2.24) is 20.6 Å². The van der Waals surface area contributed by atoms with E-state index in [0.717, 1.165) is 31.5 Å². The van der Waals surface area contributed by atoms with Crippen molar-refractivity contribution in [1.29, 1.82) is 0 Å². The number of nitrogens with one attached hydrogen (secondary N) is 2. The molecule has 2 heterocycles. The van der Waals surface area contributed by atoms with Crippen LogP contribution in [0.3, 0.4) is 0 Å². The molecule has 46 heavy (non-hydrogen) atoms.